The highest BCUT2D eigenvalue weighted by Crippen LogP contribution is 1.74. The fraction of sp³-hybridized carbons (Fsp3) is 0.714. The standard InChI is InChI=1S/C7H16N4/c1-4-5-10-7(9-3)11-6-8-2/h5,8H,4,6H2,1-3H3,(H,9,11). The lowest BCUT2D eigenvalue weighted by Gasteiger charge is -2.01. The highest BCUT2D eigenvalue weighted by atomic mass is 15.2. The van der Waals surface area contributed by atoms with E-state index in [1.54, 1.807) is 7.05 Å². The summed E-state index contributed by atoms with van der Waals surface area (Å²) in [5.41, 5.74) is 0. The Labute approximate surface area is 67.8 Å². The molecular weight excluding hydrogens is 140 g/mol. The van der Waals surface area contributed by atoms with Crippen molar-refractivity contribution in [2.45, 2.75) is 13.3 Å². The van der Waals surface area contributed by atoms with E-state index in [2.05, 4.69) is 20.6 Å². The van der Waals surface area contributed by atoms with Crippen LogP contribution in [0.15, 0.2) is 9.98 Å². The van der Waals surface area contributed by atoms with Crippen molar-refractivity contribution in [1.29, 1.82) is 0 Å². The largest absolute Gasteiger partial charge is 0.342 e. The lowest BCUT2D eigenvalue weighted by molar-refractivity contribution is 0.756. The van der Waals surface area contributed by atoms with Crippen LogP contribution in [-0.2, 0) is 0 Å². The molecule has 0 aromatic carbocycles. The summed E-state index contributed by atoms with van der Waals surface area (Å²) in [5.74, 6) is 0.668. The Morgan fingerprint density at radius 1 is 1.55 bits per heavy atom. The predicted molar refractivity (Wildman–Crippen MR) is 49.2 cm³/mol. The van der Waals surface area contributed by atoms with Gasteiger partial charge in [-0.25, -0.2) is 4.99 Å². The number of nitrogens with zero attached hydrogens (tertiary/aromatic N) is 2. The second kappa shape index (κ2) is 7.21. The first-order chi connectivity index (χ1) is 5.35. The summed E-state index contributed by atoms with van der Waals surface area (Å²) in [6.07, 6.45) is 2.76. The van der Waals surface area contributed by atoms with Gasteiger partial charge in [0.15, 0.2) is 0 Å². The molecule has 0 fully saturated rings. The smallest absolute Gasteiger partial charge is 0.218 e. The average molecular weight is 156 g/mol. The molecule has 0 aliphatic rings. The number of hydrogen-bond donors (Lipinski definition) is 2. The minimum absolute atomic E-state index is 0.668. The molecule has 0 aromatic heterocycles. The zero-order chi connectivity index (χ0) is 8.53. The molecule has 0 aromatic rings. The van der Waals surface area contributed by atoms with E-state index in [1.807, 2.05) is 20.2 Å². The molecule has 2 N–H and O–H groups in total. The summed E-state index contributed by atoms with van der Waals surface area (Å²) in [7, 11) is 3.58. The number of nitrogens with one attached hydrogen (secondary N) is 2. The molecule has 0 unspecified atom stereocenters. The van der Waals surface area contributed by atoms with Crippen LogP contribution in [0.2, 0.25) is 0 Å². The summed E-state index contributed by atoms with van der Waals surface area (Å²) < 4.78 is 0. The van der Waals surface area contributed by atoms with Crippen LogP contribution in [0.4, 0.5) is 0 Å². The van der Waals surface area contributed by atoms with Crippen LogP contribution in [0, 0.1) is 0 Å². The molecule has 0 heterocycles. The molecule has 0 saturated carbocycles. The maximum atomic E-state index is 4.07. The molecule has 0 bridgehead atoms. The van der Waals surface area contributed by atoms with E-state index >= 15 is 0 Å². The van der Waals surface area contributed by atoms with E-state index in [4.69, 9.17) is 0 Å². The molecule has 11 heavy (non-hydrogen) atoms. The van der Waals surface area contributed by atoms with Gasteiger partial charge in [-0.2, -0.15) is 0 Å². The molecule has 0 atom stereocenters. The lowest BCUT2D eigenvalue weighted by Crippen LogP contribution is -2.30. The van der Waals surface area contributed by atoms with Gasteiger partial charge < -0.3 is 10.6 Å². The van der Waals surface area contributed by atoms with Gasteiger partial charge in [0.2, 0.25) is 5.96 Å². The molecule has 0 aliphatic carbocycles. The summed E-state index contributed by atoms with van der Waals surface area (Å²) in [6, 6.07) is 0. The molecule has 0 radical (unpaired) electrons. The van der Waals surface area contributed by atoms with Gasteiger partial charge in [0, 0.05) is 13.3 Å². The third kappa shape index (κ3) is 5.54. The third-order valence-corrected chi connectivity index (χ3v) is 1.03. The predicted octanol–water partition coefficient (Wildman–Crippen LogP) is 0.220. The highest BCUT2D eigenvalue weighted by Gasteiger charge is 1.87. The fourth-order valence-corrected chi connectivity index (χ4v) is 0.528. The van der Waals surface area contributed by atoms with Crippen molar-refractivity contribution in [2.75, 3.05) is 20.8 Å². The molecule has 0 amide bonds. The lowest BCUT2D eigenvalue weighted by atomic mass is 10.5. The van der Waals surface area contributed by atoms with E-state index in [1.165, 1.54) is 0 Å². The maximum Gasteiger partial charge on any atom is 0.218 e. The van der Waals surface area contributed by atoms with E-state index < -0.39 is 0 Å². The first-order valence-corrected chi connectivity index (χ1v) is 3.73. The number of hydrogen-bond acceptors (Lipinski definition) is 2. The molecule has 0 rings (SSSR count). The van der Waals surface area contributed by atoms with Crippen LogP contribution in [0.25, 0.3) is 0 Å². The summed E-state index contributed by atoms with van der Waals surface area (Å²) >= 11 is 0. The van der Waals surface area contributed by atoms with Crippen LogP contribution in [0.1, 0.15) is 13.3 Å². The monoisotopic (exact) mass is 156 g/mol. The summed E-state index contributed by atoms with van der Waals surface area (Å²) in [6.45, 7) is 2.72. The van der Waals surface area contributed by atoms with Crippen molar-refractivity contribution in [3.63, 3.8) is 0 Å². The Morgan fingerprint density at radius 2 is 2.27 bits per heavy atom. The Bertz CT molecular complexity index is 139. The SMILES string of the molecule is CCC=NC(=NC)NCNC. The van der Waals surface area contributed by atoms with Gasteiger partial charge in [-0.05, 0) is 13.5 Å². The topological polar surface area (TPSA) is 48.8 Å². The third-order valence-electron chi connectivity index (χ3n) is 1.03. The second-order valence-electron chi connectivity index (χ2n) is 1.97. The van der Waals surface area contributed by atoms with Gasteiger partial charge >= 0.3 is 0 Å². The van der Waals surface area contributed by atoms with Crippen LogP contribution in [0.3, 0.4) is 0 Å². The Balaban J connectivity index is 3.68. The minimum Gasteiger partial charge on any atom is -0.342 e. The number of guanidine groups is 1. The van der Waals surface area contributed by atoms with Crippen molar-refractivity contribution < 1.29 is 0 Å². The van der Waals surface area contributed by atoms with E-state index in [9.17, 15) is 0 Å². The van der Waals surface area contributed by atoms with Crippen molar-refractivity contribution in [3.05, 3.63) is 0 Å². The highest BCUT2D eigenvalue weighted by molar-refractivity contribution is 5.87. The molecule has 4 nitrogen and oxygen atoms in total. The van der Waals surface area contributed by atoms with Crippen molar-refractivity contribution >= 4 is 12.2 Å². The van der Waals surface area contributed by atoms with Crippen LogP contribution in [-0.4, -0.2) is 32.9 Å². The average Bonchev–Trinajstić information content (AvgIpc) is 2.05. The normalized spacial score (nSPS) is 12.5. The van der Waals surface area contributed by atoms with Crippen molar-refractivity contribution in [1.82, 2.24) is 10.6 Å². The molecule has 0 saturated heterocycles. The van der Waals surface area contributed by atoms with Crippen LogP contribution in [0.5, 0.6) is 0 Å². The van der Waals surface area contributed by atoms with Crippen LogP contribution >= 0.6 is 0 Å². The van der Waals surface area contributed by atoms with Gasteiger partial charge in [-0.3, -0.25) is 4.99 Å². The molecular formula is C7H16N4. The minimum atomic E-state index is 0.668. The first kappa shape index (κ1) is 10.1. The number of aliphatic imine (C=N–C) groups is 2. The Hall–Kier alpha value is -0.900. The second-order valence-corrected chi connectivity index (χ2v) is 1.97. The van der Waals surface area contributed by atoms with Crippen molar-refractivity contribution in [3.8, 4) is 0 Å². The quantitative estimate of drug-likeness (QED) is 0.349. The first-order valence-electron chi connectivity index (χ1n) is 3.73. The Morgan fingerprint density at radius 3 is 2.73 bits per heavy atom. The Kier molecular flexibility index (Phi) is 6.62. The van der Waals surface area contributed by atoms with Crippen LogP contribution < -0.4 is 10.6 Å². The summed E-state index contributed by atoms with van der Waals surface area (Å²) in [5, 5.41) is 5.94. The maximum absolute atomic E-state index is 4.07. The van der Waals surface area contributed by atoms with Gasteiger partial charge in [0.05, 0.1) is 6.67 Å². The molecule has 0 aliphatic heterocycles. The molecule has 4 heteroatoms. The fourth-order valence-electron chi connectivity index (χ4n) is 0.528. The van der Waals surface area contributed by atoms with Gasteiger partial charge in [0.1, 0.15) is 0 Å². The van der Waals surface area contributed by atoms with Gasteiger partial charge in [-0.15, -0.1) is 0 Å². The zero-order valence-corrected chi connectivity index (χ0v) is 7.39. The summed E-state index contributed by atoms with van der Waals surface area (Å²) in [4.78, 5) is 8.00. The van der Waals surface area contributed by atoms with E-state index in [-0.39, 0.29) is 0 Å². The van der Waals surface area contributed by atoms with E-state index in [0.29, 0.717) is 12.6 Å². The zero-order valence-electron chi connectivity index (χ0n) is 7.39. The van der Waals surface area contributed by atoms with E-state index in [0.717, 1.165) is 6.42 Å². The van der Waals surface area contributed by atoms with Gasteiger partial charge in [0.25, 0.3) is 0 Å². The molecule has 64 valence electrons. The number of rotatable bonds is 3. The van der Waals surface area contributed by atoms with Gasteiger partial charge in [-0.1, -0.05) is 6.92 Å². The van der Waals surface area contributed by atoms with Crippen molar-refractivity contribution in [2.24, 2.45) is 9.98 Å². The molecule has 0 spiro atoms.